The normalized spacial score (nSPS) is 23.9. The maximum absolute atomic E-state index is 13.2. The van der Waals surface area contributed by atoms with Crippen LogP contribution in [0, 0.1) is 0 Å². The van der Waals surface area contributed by atoms with Gasteiger partial charge in [0.15, 0.2) is 0 Å². The number of nitrogens with zero attached hydrogens (tertiary/aromatic N) is 1. The molecule has 7 heteroatoms. The van der Waals surface area contributed by atoms with Gasteiger partial charge in [-0.25, -0.2) is 0 Å². The van der Waals surface area contributed by atoms with Gasteiger partial charge in [-0.15, -0.1) is 0 Å². The molecule has 1 aromatic heterocycles. The predicted molar refractivity (Wildman–Crippen MR) is 63.0 cm³/mol. The first-order valence-corrected chi connectivity index (χ1v) is 5.90. The summed E-state index contributed by atoms with van der Waals surface area (Å²) in [5.74, 6) is 0.204. The molecule has 0 aliphatic carbocycles. The van der Waals surface area contributed by atoms with Crippen LogP contribution >= 0.6 is 0 Å². The van der Waals surface area contributed by atoms with Gasteiger partial charge in [-0.1, -0.05) is 0 Å². The highest BCUT2D eigenvalue weighted by Gasteiger charge is 2.58. The first-order valence-electron chi connectivity index (χ1n) is 5.90. The lowest BCUT2D eigenvalue weighted by Gasteiger charge is -2.31. The Morgan fingerprint density at radius 1 is 1.32 bits per heavy atom. The summed E-state index contributed by atoms with van der Waals surface area (Å²) < 4.78 is 44.8. The number of alkyl halides is 3. The second-order valence-electron chi connectivity index (χ2n) is 4.64. The molecule has 3 rings (SSSR count). The summed E-state index contributed by atoms with van der Waals surface area (Å²) in [6.07, 6.45) is -2.93. The van der Waals surface area contributed by atoms with E-state index in [1.165, 1.54) is 6.07 Å². The Balaban J connectivity index is 1.93. The summed E-state index contributed by atoms with van der Waals surface area (Å²) in [4.78, 5) is 0. The molecule has 1 atom stereocenters. The third-order valence-electron chi connectivity index (χ3n) is 3.36. The Hall–Kier alpha value is -1.76. The molecule has 1 fully saturated rings. The summed E-state index contributed by atoms with van der Waals surface area (Å²) in [6.45, 7) is 0.0768. The Bertz CT molecular complexity index is 587. The third-order valence-corrected chi connectivity index (χ3v) is 3.36. The van der Waals surface area contributed by atoms with E-state index < -0.39 is 11.8 Å². The molecule has 0 amide bonds. The van der Waals surface area contributed by atoms with Crippen molar-refractivity contribution in [2.24, 2.45) is 0 Å². The summed E-state index contributed by atoms with van der Waals surface area (Å²) in [7, 11) is 0. The van der Waals surface area contributed by atoms with Crippen molar-refractivity contribution in [1.82, 2.24) is 15.5 Å². The minimum atomic E-state index is -4.40. The molecular formula is C12H12F3N3O. The van der Waals surface area contributed by atoms with Gasteiger partial charge >= 0.3 is 6.18 Å². The van der Waals surface area contributed by atoms with Crippen molar-refractivity contribution in [3.8, 4) is 5.75 Å². The van der Waals surface area contributed by atoms with E-state index in [4.69, 9.17) is 4.74 Å². The van der Waals surface area contributed by atoms with Crippen LogP contribution in [-0.4, -0.2) is 35.1 Å². The molecule has 1 saturated heterocycles. The van der Waals surface area contributed by atoms with Gasteiger partial charge in [0.05, 0.1) is 11.7 Å². The van der Waals surface area contributed by atoms with E-state index in [9.17, 15) is 13.2 Å². The van der Waals surface area contributed by atoms with Crippen molar-refractivity contribution in [2.75, 3.05) is 13.1 Å². The number of fused-ring (bicyclic) bond motifs is 1. The fourth-order valence-corrected chi connectivity index (χ4v) is 2.27. The molecule has 0 radical (unpaired) electrons. The van der Waals surface area contributed by atoms with Gasteiger partial charge in [-0.2, -0.15) is 18.3 Å². The highest BCUT2D eigenvalue weighted by molar-refractivity contribution is 5.79. The van der Waals surface area contributed by atoms with Crippen molar-refractivity contribution in [2.45, 2.75) is 18.2 Å². The van der Waals surface area contributed by atoms with Gasteiger partial charge in [0.2, 0.25) is 5.60 Å². The van der Waals surface area contributed by atoms with Crippen LogP contribution in [0.4, 0.5) is 13.2 Å². The van der Waals surface area contributed by atoms with Gasteiger partial charge in [0, 0.05) is 18.4 Å². The van der Waals surface area contributed by atoms with Crippen LogP contribution in [0.1, 0.15) is 6.42 Å². The lowest BCUT2D eigenvalue weighted by Crippen LogP contribution is -2.52. The van der Waals surface area contributed by atoms with Crippen LogP contribution < -0.4 is 10.1 Å². The van der Waals surface area contributed by atoms with E-state index in [1.54, 1.807) is 18.3 Å². The van der Waals surface area contributed by atoms with Crippen LogP contribution in [-0.2, 0) is 0 Å². The van der Waals surface area contributed by atoms with Crippen LogP contribution in [0.5, 0.6) is 5.75 Å². The number of hydrogen-bond donors (Lipinski definition) is 2. The molecule has 0 spiro atoms. The number of aromatic nitrogens is 2. The van der Waals surface area contributed by atoms with Gasteiger partial charge in [-0.3, -0.25) is 5.10 Å². The number of halogens is 3. The number of ether oxygens (including phenoxy) is 1. The maximum atomic E-state index is 13.2. The number of rotatable bonds is 2. The summed E-state index contributed by atoms with van der Waals surface area (Å²) >= 11 is 0. The lowest BCUT2D eigenvalue weighted by atomic mass is 10.0. The smallest absolute Gasteiger partial charge is 0.429 e. The van der Waals surface area contributed by atoms with Crippen LogP contribution in [0.25, 0.3) is 10.9 Å². The molecule has 1 aliphatic rings. The van der Waals surface area contributed by atoms with Crippen molar-refractivity contribution in [3.63, 3.8) is 0 Å². The maximum Gasteiger partial charge on any atom is 0.429 e. The standard InChI is InChI=1S/C12H12F3N3O/c13-12(14,15)11(3-4-16-7-11)19-9-1-2-10-8(5-9)6-17-18-10/h1-2,5-6,16H,3-4,7H2,(H,17,18). The number of H-pyrrole nitrogens is 1. The second-order valence-corrected chi connectivity index (χ2v) is 4.64. The summed E-state index contributed by atoms with van der Waals surface area (Å²) in [5, 5.41) is 10.00. The fourth-order valence-electron chi connectivity index (χ4n) is 2.27. The van der Waals surface area contributed by atoms with Crippen LogP contribution in [0.3, 0.4) is 0 Å². The number of hydrogen-bond acceptors (Lipinski definition) is 3. The Morgan fingerprint density at radius 3 is 2.84 bits per heavy atom. The first-order chi connectivity index (χ1) is 9.00. The number of nitrogens with one attached hydrogen (secondary N) is 2. The van der Waals surface area contributed by atoms with E-state index in [-0.39, 0.29) is 18.7 Å². The fraction of sp³-hybridized carbons (Fsp3) is 0.417. The molecule has 2 N–H and O–H groups in total. The quantitative estimate of drug-likeness (QED) is 0.880. The van der Waals surface area contributed by atoms with Crippen molar-refractivity contribution < 1.29 is 17.9 Å². The zero-order chi connectivity index (χ0) is 13.5. The van der Waals surface area contributed by atoms with E-state index in [0.29, 0.717) is 6.54 Å². The molecule has 102 valence electrons. The van der Waals surface area contributed by atoms with Crippen molar-refractivity contribution in [3.05, 3.63) is 24.4 Å². The van der Waals surface area contributed by atoms with Crippen LogP contribution in [0.2, 0.25) is 0 Å². The summed E-state index contributed by atoms with van der Waals surface area (Å²) in [6, 6.07) is 4.74. The van der Waals surface area contributed by atoms with Gasteiger partial charge in [0.1, 0.15) is 5.75 Å². The zero-order valence-corrected chi connectivity index (χ0v) is 9.92. The molecule has 2 aromatic rings. The van der Waals surface area contributed by atoms with E-state index >= 15 is 0 Å². The first kappa shape index (κ1) is 12.3. The average Bonchev–Trinajstić information content (AvgIpc) is 2.96. The molecule has 1 aliphatic heterocycles. The monoisotopic (exact) mass is 271 g/mol. The van der Waals surface area contributed by atoms with Gasteiger partial charge in [0.25, 0.3) is 0 Å². The van der Waals surface area contributed by atoms with E-state index in [2.05, 4.69) is 15.5 Å². The molecule has 0 saturated carbocycles. The second kappa shape index (κ2) is 4.12. The predicted octanol–water partition coefficient (Wildman–Crippen LogP) is 2.24. The molecule has 1 unspecified atom stereocenters. The highest BCUT2D eigenvalue weighted by atomic mass is 19.4. The Morgan fingerprint density at radius 2 is 2.16 bits per heavy atom. The molecule has 19 heavy (non-hydrogen) atoms. The van der Waals surface area contributed by atoms with E-state index in [0.717, 1.165) is 10.9 Å². The average molecular weight is 271 g/mol. The lowest BCUT2D eigenvalue weighted by molar-refractivity contribution is -0.240. The molecule has 1 aromatic carbocycles. The highest BCUT2D eigenvalue weighted by Crippen LogP contribution is 2.39. The molecule has 4 nitrogen and oxygen atoms in total. The third kappa shape index (κ3) is 2.03. The van der Waals surface area contributed by atoms with Crippen molar-refractivity contribution >= 4 is 10.9 Å². The SMILES string of the molecule is FC(F)(F)C1(Oc2ccc3[nH]ncc3c2)CCNC1. The Labute approximate surface area is 106 Å². The minimum absolute atomic E-state index is 0.0834. The summed E-state index contributed by atoms with van der Waals surface area (Å²) in [5.41, 5.74) is -1.37. The van der Waals surface area contributed by atoms with Gasteiger partial charge in [-0.05, 0) is 24.7 Å². The number of aromatic amines is 1. The van der Waals surface area contributed by atoms with Gasteiger partial charge < -0.3 is 10.1 Å². The van der Waals surface area contributed by atoms with Crippen LogP contribution in [0.15, 0.2) is 24.4 Å². The van der Waals surface area contributed by atoms with Crippen molar-refractivity contribution in [1.29, 1.82) is 0 Å². The van der Waals surface area contributed by atoms with E-state index in [1.807, 2.05) is 0 Å². The molecule has 2 heterocycles. The zero-order valence-electron chi connectivity index (χ0n) is 9.92. The minimum Gasteiger partial charge on any atom is -0.476 e. The molecular weight excluding hydrogens is 259 g/mol. The molecule has 0 bridgehead atoms. The largest absolute Gasteiger partial charge is 0.476 e. The number of benzene rings is 1. The Kier molecular flexibility index (Phi) is 2.67. The topological polar surface area (TPSA) is 49.9 Å².